The van der Waals surface area contributed by atoms with E-state index in [-0.39, 0.29) is 18.8 Å². The van der Waals surface area contributed by atoms with Crippen LogP contribution in [0.4, 0.5) is 14.0 Å². The fourth-order valence-electron chi connectivity index (χ4n) is 8.15. The molecule has 4 aliphatic carbocycles. The predicted molar refractivity (Wildman–Crippen MR) is 136 cm³/mol. The van der Waals surface area contributed by atoms with Gasteiger partial charge in [0.1, 0.15) is 0 Å². The number of alkyl halides is 1. The van der Waals surface area contributed by atoms with E-state index in [9.17, 15) is 24.3 Å². The molecule has 10 heteroatoms. The van der Waals surface area contributed by atoms with Crippen LogP contribution in [-0.4, -0.2) is 66.7 Å². The van der Waals surface area contributed by atoms with E-state index in [1.165, 1.54) is 12.2 Å². The lowest BCUT2D eigenvalue weighted by Gasteiger charge is -2.62. The number of ether oxygens (including phenoxy) is 4. The Morgan fingerprint density at radius 3 is 2.54 bits per heavy atom. The standard InChI is InChI=1S/C29H39FO9/c1-6-7-12-37-25(35)38-16-23(33)29(39-24(34)36-5)17(2)13-21-20-9-8-18-14-19(31)10-11-26(18,3)28(20,30)22(32)15-27(21,29)4/h10-11,14,17,20-22,32H,6-9,12-13,15-16H2,1-5H3/t17-,20+,21+,22+,26+,27+,28+,29+/m1/s1. The molecule has 0 aliphatic heterocycles. The van der Waals surface area contributed by atoms with Gasteiger partial charge in [0.25, 0.3) is 0 Å². The van der Waals surface area contributed by atoms with Crippen molar-refractivity contribution in [3.63, 3.8) is 0 Å². The summed E-state index contributed by atoms with van der Waals surface area (Å²) in [5.41, 5.74) is -5.70. The summed E-state index contributed by atoms with van der Waals surface area (Å²) in [7, 11) is 1.12. The Bertz CT molecular complexity index is 1100. The van der Waals surface area contributed by atoms with Gasteiger partial charge in [0.15, 0.2) is 23.7 Å². The number of allylic oxidation sites excluding steroid dienone is 4. The molecule has 0 radical (unpaired) electrons. The molecule has 39 heavy (non-hydrogen) atoms. The molecule has 216 valence electrons. The summed E-state index contributed by atoms with van der Waals surface area (Å²) in [6.45, 7) is 6.54. The summed E-state index contributed by atoms with van der Waals surface area (Å²) in [6.07, 6.45) is 3.12. The van der Waals surface area contributed by atoms with Crippen molar-refractivity contribution >= 4 is 23.9 Å². The lowest BCUT2D eigenvalue weighted by Crippen LogP contribution is -2.70. The highest BCUT2D eigenvalue weighted by Gasteiger charge is 2.77. The summed E-state index contributed by atoms with van der Waals surface area (Å²) in [4.78, 5) is 50.6. The van der Waals surface area contributed by atoms with Crippen molar-refractivity contribution in [3.05, 3.63) is 23.8 Å². The second-order valence-electron chi connectivity index (χ2n) is 11.9. The zero-order valence-corrected chi connectivity index (χ0v) is 23.3. The molecule has 0 bridgehead atoms. The number of Topliss-reactive ketones (excluding diaryl/α,β-unsaturated/α-hetero) is 1. The van der Waals surface area contributed by atoms with Crippen LogP contribution in [0.2, 0.25) is 0 Å². The lowest BCUT2D eigenvalue weighted by molar-refractivity contribution is -0.221. The molecular weight excluding hydrogens is 511 g/mol. The van der Waals surface area contributed by atoms with Gasteiger partial charge in [-0.05, 0) is 57.1 Å². The first-order valence-corrected chi connectivity index (χ1v) is 13.7. The molecular formula is C29H39FO9. The normalized spacial score (nSPS) is 40.5. The number of methoxy groups -OCH3 is 1. The minimum Gasteiger partial charge on any atom is -0.438 e. The van der Waals surface area contributed by atoms with Gasteiger partial charge in [-0.3, -0.25) is 9.59 Å². The smallest absolute Gasteiger partial charge is 0.438 e. The van der Waals surface area contributed by atoms with Gasteiger partial charge >= 0.3 is 12.3 Å². The Kier molecular flexibility index (Phi) is 7.75. The maximum Gasteiger partial charge on any atom is 0.509 e. The van der Waals surface area contributed by atoms with Gasteiger partial charge in [0.05, 0.1) is 19.8 Å². The molecule has 8 atom stereocenters. The van der Waals surface area contributed by atoms with Crippen LogP contribution in [0.25, 0.3) is 0 Å². The quantitative estimate of drug-likeness (QED) is 0.356. The predicted octanol–water partition coefficient (Wildman–Crippen LogP) is 4.65. The highest BCUT2D eigenvalue weighted by Crippen LogP contribution is 2.71. The first kappa shape index (κ1) is 29.2. The van der Waals surface area contributed by atoms with Crippen LogP contribution in [0.1, 0.15) is 66.2 Å². The molecule has 0 aromatic rings. The van der Waals surface area contributed by atoms with E-state index in [2.05, 4.69) is 0 Å². The largest absolute Gasteiger partial charge is 0.509 e. The van der Waals surface area contributed by atoms with Crippen molar-refractivity contribution in [2.45, 2.75) is 83.6 Å². The van der Waals surface area contributed by atoms with Gasteiger partial charge in [0, 0.05) is 22.7 Å². The van der Waals surface area contributed by atoms with Crippen LogP contribution in [0.5, 0.6) is 0 Å². The molecule has 0 amide bonds. The van der Waals surface area contributed by atoms with Gasteiger partial charge in [-0.1, -0.05) is 38.8 Å². The number of hydrogen-bond acceptors (Lipinski definition) is 9. The number of carbonyl (C=O) groups is 4. The Hall–Kier alpha value is -2.75. The molecule has 0 saturated heterocycles. The maximum atomic E-state index is 17.4. The van der Waals surface area contributed by atoms with Gasteiger partial charge in [-0.2, -0.15) is 0 Å². The molecule has 0 heterocycles. The highest BCUT2D eigenvalue weighted by molar-refractivity contribution is 6.01. The average Bonchev–Trinajstić information content (AvgIpc) is 3.10. The highest BCUT2D eigenvalue weighted by atomic mass is 19.1. The maximum absolute atomic E-state index is 17.4. The number of hydrogen-bond donors (Lipinski definition) is 1. The van der Waals surface area contributed by atoms with E-state index in [0.717, 1.165) is 13.5 Å². The fourth-order valence-corrected chi connectivity index (χ4v) is 8.15. The number of ketones is 2. The van der Waals surface area contributed by atoms with Crippen molar-refractivity contribution in [2.75, 3.05) is 20.3 Å². The van der Waals surface area contributed by atoms with Gasteiger partial charge in [-0.25, -0.2) is 14.0 Å². The molecule has 4 rings (SSSR count). The van der Waals surface area contributed by atoms with Crippen LogP contribution in [0.3, 0.4) is 0 Å². The minimum atomic E-state index is -2.11. The van der Waals surface area contributed by atoms with E-state index < -0.39 is 70.7 Å². The van der Waals surface area contributed by atoms with Crippen molar-refractivity contribution in [1.82, 2.24) is 0 Å². The van der Waals surface area contributed by atoms with Gasteiger partial charge in [0.2, 0.25) is 5.78 Å². The molecule has 9 nitrogen and oxygen atoms in total. The van der Waals surface area contributed by atoms with Crippen molar-refractivity contribution in [1.29, 1.82) is 0 Å². The van der Waals surface area contributed by atoms with E-state index in [1.807, 2.05) is 6.92 Å². The van der Waals surface area contributed by atoms with Crippen LogP contribution in [0, 0.1) is 28.6 Å². The monoisotopic (exact) mass is 550 g/mol. The number of carbonyl (C=O) groups excluding carboxylic acids is 4. The molecule has 0 unspecified atom stereocenters. The first-order chi connectivity index (χ1) is 18.3. The number of halogens is 1. The van der Waals surface area contributed by atoms with E-state index >= 15 is 4.39 Å². The number of aliphatic hydroxyl groups is 1. The van der Waals surface area contributed by atoms with Crippen molar-refractivity contribution in [2.24, 2.45) is 28.6 Å². The second kappa shape index (κ2) is 10.3. The van der Waals surface area contributed by atoms with Crippen LogP contribution in [0.15, 0.2) is 23.8 Å². The van der Waals surface area contributed by atoms with E-state index in [0.29, 0.717) is 31.3 Å². The number of aliphatic hydroxyl groups excluding tert-OH is 1. The minimum absolute atomic E-state index is 0.144. The Balaban J connectivity index is 1.71. The zero-order valence-electron chi connectivity index (χ0n) is 23.3. The number of fused-ring (bicyclic) bond motifs is 5. The average molecular weight is 551 g/mol. The molecule has 3 fully saturated rings. The second-order valence-corrected chi connectivity index (χ2v) is 11.9. The fraction of sp³-hybridized carbons (Fsp3) is 0.724. The Morgan fingerprint density at radius 1 is 1.15 bits per heavy atom. The topological polar surface area (TPSA) is 125 Å². The molecule has 0 aromatic heterocycles. The van der Waals surface area contributed by atoms with Crippen LogP contribution >= 0.6 is 0 Å². The molecule has 0 aromatic carbocycles. The third kappa shape index (κ3) is 4.21. The van der Waals surface area contributed by atoms with Gasteiger partial charge in [-0.15, -0.1) is 0 Å². The molecule has 3 saturated carbocycles. The van der Waals surface area contributed by atoms with E-state index in [4.69, 9.17) is 18.9 Å². The molecule has 1 N–H and O–H groups in total. The molecule has 0 spiro atoms. The van der Waals surface area contributed by atoms with Gasteiger partial charge < -0.3 is 24.1 Å². The van der Waals surface area contributed by atoms with Crippen molar-refractivity contribution in [3.8, 4) is 0 Å². The van der Waals surface area contributed by atoms with Crippen molar-refractivity contribution < 1.29 is 47.6 Å². The van der Waals surface area contributed by atoms with Crippen LogP contribution < -0.4 is 0 Å². The van der Waals surface area contributed by atoms with E-state index in [1.54, 1.807) is 26.8 Å². The Labute approximate surface area is 228 Å². The summed E-state index contributed by atoms with van der Waals surface area (Å²) >= 11 is 0. The molecule has 4 aliphatic rings. The first-order valence-electron chi connectivity index (χ1n) is 13.7. The number of rotatable bonds is 7. The number of unbranched alkanes of at least 4 members (excludes halogenated alkanes) is 1. The lowest BCUT2D eigenvalue weighted by atomic mass is 9.44. The van der Waals surface area contributed by atoms with Crippen LogP contribution in [-0.2, 0) is 28.5 Å². The SMILES string of the molecule is CCCCOC(=O)OCC(=O)[C@@]1(OC(=O)OC)[C@H](C)C[C@H]2[C@@H]3CCC4=CC(=O)C=C[C@]4(C)[C@@]3(F)[C@@H](O)C[C@@]21C. The summed E-state index contributed by atoms with van der Waals surface area (Å²) in [5, 5.41) is 11.6. The third-order valence-corrected chi connectivity index (χ3v) is 10.0. The Morgan fingerprint density at radius 2 is 1.87 bits per heavy atom. The zero-order chi connectivity index (χ0) is 28.8. The third-order valence-electron chi connectivity index (χ3n) is 10.0. The summed E-state index contributed by atoms with van der Waals surface area (Å²) in [6, 6.07) is 0. The summed E-state index contributed by atoms with van der Waals surface area (Å²) in [5.74, 6) is -2.64. The summed E-state index contributed by atoms with van der Waals surface area (Å²) < 4.78 is 38.1.